The summed E-state index contributed by atoms with van der Waals surface area (Å²) in [5.74, 6) is 0. The van der Waals surface area contributed by atoms with E-state index < -0.39 is 5.41 Å². The average molecular weight is 782 g/mol. The van der Waals surface area contributed by atoms with Crippen molar-refractivity contribution in [1.29, 1.82) is 0 Å². The molecule has 0 amide bonds. The third-order valence-corrected chi connectivity index (χ3v) is 13.8. The first-order chi connectivity index (χ1) is 29.7. The molecule has 0 fully saturated rings. The fraction of sp³-hybridized carbons (Fsp3) is 0.0185. The monoisotopic (exact) mass is 781 g/mol. The second-order valence-corrected chi connectivity index (χ2v) is 16.7. The van der Waals surface area contributed by atoms with Gasteiger partial charge in [0, 0.05) is 49.7 Å². The lowest BCUT2D eigenvalue weighted by Gasteiger charge is -2.39. The summed E-state index contributed by atoms with van der Waals surface area (Å²) in [7, 11) is 0. The molecule has 5 heterocycles. The first kappa shape index (κ1) is 33.3. The average Bonchev–Trinajstić information content (AvgIpc) is 3.93. The van der Waals surface area contributed by atoms with Crippen molar-refractivity contribution in [1.82, 2.24) is 19.1 Å². The highest BCUT2D eigenvalue weighted by molar-refractivity contribution is 7.99. The minimum Gasteiger partial charge on any atom is -0.309 e. The van der Waals surface area contributed by atoms with Crippen LogP contribution in [0.4, 0.5) is 5.69 Å². The van der Waals surface area contributed by atoms with Crippen molar-refractivity contribution >= 4 is 61.1 Å². The lowest BCUT2D eigenvalue weighted by atomic mass is 9.67. The Morgan fingerprint density at radius 3 is 1.75 bits per heavy atom. The first-order valence-electron chi connectivity index (χ1n) is 20.1. The van der Waals surface area contributed by atoms with Gasteiger partial charge in [0.2, 0.25) is 0 Å². The molecule has 7 aromatic carbocycles. The summed E-state index contributed by atoms with van der Waals surface area (Å²) in [6, 6.07) is 63.4. The molecule has 6 heteroatoms. The molecular weight excluding hydrogens is 751 g/mol. The van der Waals surface area contributed by atoms with Gasteiger partial charge in [-0.3, -0.25) is 9.97 Å². The van der Waals surface area contributed by atoms with Crippen molar-refractivity contribution in [3.63, 3.8) is 0 Å². The molecule has 4 aromatic heterocycles. The molecule has 11 aromatic rings. The van der Waals surface area contributed by atoms with Gasteiger partial charge in [0.1, 0.15) is 0 Å². The van der Waals surface area contributed by atoms with Gasteiger partial charge in [-0.15, -0.1) is 0 Å². The summed E-state index contributed by atoms with van der Waals surface area (Å²) >= 11 is 1.84. The van der Waals surface area contributed by atoms with Gasteiger partial charge in [0.15, 0.2) is 5.69 Å². The molecule has 1 aliphatic carbocycles. The summed E-state index contributed by atoms with van der Waals surface area (Å²) < 4.78 is 4.72. The Kier molecular flexibility index (Phi) is 6.87. The van der Waals surface area contributed by atoms with Crippen LogP contribution in [0.2, 0.25) is 0 Å². The Labute approximate surface area is 349 Å². The number of nitrogens with zero attached hydrogens (tertiary/aromatic N) is 5. The summed E-state index contributed by atoms with van der Waals surface area (Å²) in [4.78, 5) is 16.2. The number of pyridine rings is 2. The molecule has 1 aliphatic heterocycles. The van der Waals surface area contributed by atoms with E-state index in [0.29, 0.717) is 5.69 Å². The minimum atomic E-state index is -0.639. The fourth-order valence-electron chi connectivity index (χ4n) is 10.2. The number of fused-ring (bicyclic) bond motifs is 15. The molecule has 5 nitrogen and oxygen atoms in total. The standard InChI is InChI=1S/C54H31N5S/c1-55-35-21-25-49-41(31-35)40-29-33(20-24-48(40)58(49)36-11-3-2-4-12-36)34-19-23-42-51(30-34)60-50-26-22-37(59-46-17-7-5-13-38(46)39-14-6-8-18-47(39)59)32-45(50)54(42)43-15-9-27-56-52(43)53-44(54)16-10-28-57-53/h2-32H. The van der Waals surface area contributed by atoms with E-state index in [2.05, 4.69) is 172 Å². The normalized spacial score (nSPS) is 13.4. The molecule has 0 saturated heterocycles. The maximum atomic E-state index is 7.79. The largest absolute Gasteiger partial charge is 0.309 e. The quantitative estimate of drug-likeness (QED) is 0.168. The molecule has 0 radical (unpaired) electrons. The lowest BCUT2D eigenvalue weighted by molar-refractivity contribution is 0.718. The van der Waals surface area contributed by atoms with Gasteiger partial charge < -0.3 is 9.13 Å². The Bertz CT molecular complexity index is 3570. The zero-order valence-corrected chi connectivity index (χ0v) is 32.9. The molecule has 13 rings (SSSR count). The number of rotatable bonds is 3. The van der Waals surface area contributed by atoms with Gasteiger partial charge >= 0.3 is 0 Å². The van der Waals surface area contributed by atoms with E-state index >= 15 is 0 Å². The van der Waals surface area contributed by atoms with Crippen LogP contribution in [0.25, 0.3) is 82.3 Å². The minimum absolute atomic E-state index is 0.636. The van der Waals surface area contributed by atoms with Gasteiger partial charge in [-0.2, -0.15) is 0 Å². The highest BCUT2D eigenvalue weighted by Crippen LogP contribution is 2.62. The Morgan fingerprint density at radius 2 is 1.03 bits per heavy atom. The van der Waals surface area contributed by atoms with Crippen molar-refractivity contribution in [2.24, 2.45) is 0 Å². The molecular formula is C54H31N5S. The molecule has 0 saturated carbocycles. The third kappa shape index (κ3) is 4.42. The predicted molar refractivity (Wildman–Crippen MR) is 244 cm³/mol. The Morgan fingerprint density at radius 1 is 0.433 bits per heavy atom. The van der Waals surface area contributed by atoms with Crippen molar-refractivity contribution in [3.05, 3.63) is 222 Å². The fourth-order valence-corrected chi connectivity index (χ4v) is 11.4. The molecule has 1 spiro atoms. The number of para-hydroxylation sites is 3. The van der Waals surface area contributed by atoms with E-state index in [9.17, 15) is 0 Å². The van der Waals surface area contributed by atoms with Crippen LogP contribution in [0.5, 0.6) is 0 Å². The molecule has 278 valence electrons. The smallest absolute Gasteiger partial charge is 0.188 e. The predicted octanol–water partition coefficient (Wildman–Crippen LogP) is 13.7. The topological polar surface area (TPSA) is 40.0 Å². The summed E-state index contributed by atoms with van der Waals surface area (Å²) in [6.45, 7) is 7.79. The van der Waals surface area contributed by atoms with Crippen molar-refractivity contribution in [2.75, 3.05) is 0 Å². The first-order valence-corrected chi connectivity index (χ1v) is 20.9. The molecule has 0 N–H and O–H groups in total. The van der Waals surface area contributed by atoms with Crippen LogP contribution in [-0.2, 0) is 5.41 Å². The van der Waals surface area contributed by atoms with E-state index in [-0.39, 0.29) is 0 Å². The van der Waals surface area contributed by atoms with Gasteiger partial charge in [-0.05, 0) is 124 Å². The molecule has 2 aliphatic rings. The maximum absolute atomic E-state index is 7.79. The van der Waals surface area contributed by atoms with Gasteiger partial charge in [0.05, 0.1) is 45.4 Å². The number of hydrogen-bond acceptors (Lipinski definition) is 3. The number of hydrogen-bond donors (Lipinski definition) is 0. The second kappa shape index (κ2) is 12.4. The zero-order chi connectivity index (χ0) is 39.5. The Balaban J connectivity index is 1.04. The second-order valence-electron chi connectivity index (χ2n) is 15.6. The van der Waals surface area contributed by atoms with Crippen molar-refractivity contribution < 1.29 is 0 Å². The summed E-state index contributed by atoms with van der Waals surface area (Å²) in [5, 5.41) is 4.68. The van der Waals surface area contributed by atoms with Gasteiger partial charge in [-0.25, -0.2) is 4.85 Å². The van der Waals surface area contributed by atoms with Crippen molar-refractivity contribution in [3.8, 4) is 33.9 Å². The van der Waals surface area contributed by atoms with Crippen LogP contribution in [-0.4, -0.2) is 19.1 Å². The van der Waals surface area contributed by atoms with Crippen LogP contribution < -0.4 is 0 Å². The zero-order valence-electron chi connectivity index (χ0n) is 32.0. The molecule has 60 heavy (non-hydrogen) atoms. The SMILES string of the molecule is [C-]#[N+]c1ccc2c(c1)c1cc(-c3ccc4c(c3)Sc3ccc(-n5c6ccccc6c6ccccc65)cc3C43c4cccnc4-c4ncccc43)ccc1n2-c1ccccc1. The molecule has 0 bridgehead atoms. The van der Waals surface area contributed by atoms with E-state index in [1.807, 2.05) is 42.4 Å². The van der Waals surface area contributed by atoms with Crippen LogP contribution >= 0.6 is 11.8 Å². The van der Waals surface area contributed by atoms with E-state index in [4.69, 9.17) is 16.5 Å². The highest BCUT2D eigenvalue weighted by Gasteiger charge is 2.51. The summed E-state index contributed by atoms with van der Waals surface area (Å²) in [5.41, 5.74) is 15.7. The van der Waals surface area contributed by atoms with Crippen molar-refractivity contribution in [2.45, 2.75) is 15.2 Å². The number of aromatic nitrogens is 4. The number of benzene rings is 7. The van der Waals surface area contributed by atoms with Gasteiger partial charge in [0.25, 0.3) is 0 Å². The van der Waals surface area contributed by atoms with E-state index in [0.717, 1.165) is 66.8 Å². The van der Waals surface area contributed by atoms with Crippen LogP contribution in [0.15, 0.2) is 198 Å². The molecule has 0 unspecified atom stereocenters. The van der Waals surface area contributed by atoms with E-state index in [1.54, 1.807) is 0 Å². The Hall–Kier alpha value is -7.72. The molecule has 0 atom stereocenters. The highest BCUT2D eigenvalue weighted by atomic mass is 32.2. The van der Waals surface area contributed by atoms with Gasteiger partial charge in [-0.1, -0.05) is 103 Å². The van der Waals surface area contributed by atoms with Crippen LogP contribution in [0.1, 0.15) is 22.3 Å². The summed E-state index contributed by atoms with van der Waals surface area (Å²) in [6.07, 6.45) is 3.78. The van der Waals surface area contributed by atoms with Crippen LogP contribution in [0.3, 0.4) is 0 Å². The lowest BCUT2D eigenvalue weighted by Crippen LogP contribution is -2.32. The van der Waals surface area contributed by atoms with Crippen LogP contribution in [0, 0.1) is 6.57 Å². The third-order valence-electron chi connectivity index (χ3n) is 12.7. The maximum Gasteiger partial charge on any atom is 0.188 e. The van der Waals surface area contributed by atoms with E-state index in [1.165, 1.54) is 42.7 Å².